The van der Waals surface area contributed by atoms with E-state index in [1.54, 1.807) is 18.2 Å². The fraction of sp³-hybridized carbons (Fsp3) is 0.167. The third-order valence-electron chi connectivity index (χ3n) is 2.30. The molecule has 3 nitrogen and oxygen atoms in total. The first kappa shape index (κ1) is 14.4. The normalized spacial score (nSPS) is 9.76. The number of aryl methyl sites for hydroxylation is 2. The third-order valence-corrected chi connectivity index (χ3v) is 3.40. The minimum Gasteiger partial charge on any atom is -0.545 e. The first-order valence-corrected chi connectivity index (χ1v) is 5.66. The van der Waals surface area contributed by atoms with Gasteiger partial charge in [0, 0.05) is 11.1 Å². The molecule has 1 aromatic heterocycles. The predicted molar refractivity (Wildman–Crippen MR) is 61.4 cm³/mol. The van der Waals surface area contributed by atoms with Crippen molar-refractivity contribution in [2.75, 3.05) is 0 Å². The van der Waals surface area contributed by atoms with Gasteiger partial charge in [0.05, 0.1) is 21.5 Å². The Bertz CT molecular complexity index is 551. The number of thiazole rings is 1. The van der Waals surface area contributed by atoms with Crippen LogP contribution in [0, 0.1) is 13.8 Å². The number of hydrogen-bond acceptors (Lipinski definition) is 4. The van der Waals surface area contributed by atoms with Crippen molar-refractivity contribution in [2.24, 2.45) is 0 Å². The zero-order chi connectivity index (χ0) is 11.7. The summed E-state index contributed by atoms with van der Waals surface area (Å²) < 4.78 is 0. The van der Waals surface area contributed by atoms with E-state index in [2.05, 4.69) is 4.98 Å². The summed E-state index contributed by atoms with van der Waals surface area (Å²) >= 11 is 1.50. The molecule has 0 spiro atoms. The average molecular weight is 255 g/mol. The van der Waals surface area contributed by atoms with E-state index < -0.39 is 5.97 Å². The van der Waals surface area contributed by atoms with E-state index in [4.69, 9.17) is 0 Å². The van der Waals surface area contributed by atoms with Crippen LogP contribution in [0.15, 0.2) is 24.3 Å². The van der Waals surface area contributed by atoms with E-state index >= 15 is 0 Å². The first-order chi connectivity index (χ1) is 7.59. The van der Waals surface area contributed by atoms with E-state index in [1.807, 2.05) is 19.9 Å². The first-order valence-electron chi connectivity index (χ1n) is 4.84. The number of aromatic carboxylic acids is 1. The van der Waals surface area contributed by atoms with Crippen molar-refractivity contribution in [3.8, 4) is 10.4 Å². The van der Waals surface area contributed by atoms with Crippen LogP contribution in [0.2, 0.25) is 0 Å². The average Bonchev–Trinajstić information content (AvgIpc) is 2.57. The molecule has 0 radical (unpaired) electrons. The van der Waals surface area contributed by atoms with Gasteiger partial charge in [-0.3, -0.25) is 0 Å². The number of aromatic nitrogens is 1. The molecule has 0 N–H and O–H groups in total. The molecule has 0 aliphatic carbocycles. The minimum atomic E-state index is -1.15. The van der Waals surface area contributed by atoms with Gasteiger partial charge >= 0.3 is 29.6 Å². The van der Waals surface area contributed by atoms with Crippen molar-refractivity contribution in [3.63, 3.8) is 0 Å². The van der Waals surface area contributed by atoms with Crippen LogP contribution >= 0.6 is 11.3 Å². The Morgan fingerprint density at radius 1 is 1.29 bits per heavy atom. The van der Waals surface area contributed by atoms with Crippen LogP contribution in [0.4, 0.5) is 0 Å². The number of hydrogen-bond donors (Lipinski definition) is 0. The van der Waals surface area contributed by atoms with Gasteiger partial charge in [-0.05, 0) is 13.8 Å². The van der Waals surface area contributed by atoms with Gasteiger partial charge in [-0.15, -0.1) is 11.3 Å². The Morgan fingerprint density at radius 2 is 1.94 bits per heavy atom. The number of nitrogens with zero attached hydrogens (tertiary/aromatic N) is 1. The van der Waals surface area contributed by atoms with Crippen LogP contribution < -0.4 is 34.7 Å². The third kappa shape index (κ3) is 2.96. The second-order valence-corrected chi connectivity index (χ2v) is 4.68. The second kappa shape index (κ2) is 5.78. The molecule has 82 valence electrons. The fourth-order valence-corrected chi connectivity index (χ4v) is 2.60. The van der Waals surface area contributed by atoms with Gasteiger partial charge in [0.25, 0.3) is 0 Å². The van der Waals surface area contributed by atoms with Crippen LogP contribution in [0.5, 0.6) is 0 Å². The van der Waals surface area contributed by atoms with Crippen molar-refractivity contribution in [3.05, 3.63) is 40.5 Å². The molecular weight excluding hydrogens is 245 g/mol. The standard InChI is InChI=1S/C12H11NO2S.Na/c1-7-11(16-8(2)13-7)9-5-3-4-6-10(9)12(14)15;/h3-6H,1-2H3,(H,14,15);/q;+1/p-1. The van der Waals surface area contributed by atoms with Crippen LogP contribution in [-0.4, -0.2) is 11.0 Å². The Labute approximate surface area is 126 Å². The zero-order valence-corrected chi connectivity index (χ0v) is 12.8. The van der Waals surface area contributed by atoms with Crippen molar-refractivity contribution in [2.45, 2.75) is 13.8 Å². The van der Waals surface area contributed by atoms with Gasteiger partial charge in [0.1, 0.15) is 0 Å². The summed E-state index contributed by atoms with van der Waals surface area (Å²) in [4.78, 5) is 16.2. The maximum Gasteiger partial charge on any atom is 1.00 e. The molecule has 0 saturated carbocycles. The molecule has 5 heteroatoms. The van der Waals surface area contributed by atoms with E-state index in [0.717, 1.165) is 15.6 Å². The molecular formula is C12H10NNaO2S. The smallest absolute Gasteiger partial charge is 0.545 e. The number of carboxylic acids is 1. The molecule has 1 aromatic carbocycles. The van der Waals surface area contributed by atoms with E-state index in [-0.39, 0.29) is 35.1 Å². The number of carbonyl (C=O) groups excluding carboxylic acids is 1. The molecule has 0 unspecified atom stereocenters. The summed E-state index contributed by atoms with van der Waals surface area (Å²) in [7, 11) is 0. The van der Waals surface area contributed by atoms with E-state index in [0.29, 0.717) is 5.56 Å². The largest absolute Gasteiger partial charge is 1.00 e. The quantitative estimate of drug-likeness (QED) is 0.633. The zero-order valence-electron chi connectivity index (χ0n) is 9.98. The predicted octanol–water partition coefficient (Wildman–Crippen LogP) is -1.21. The summed E-state index contributed by atoms with van der Waals surface area (Å²) in [5.74, 6) is -1.15. The maximum atomic E-state index is 11.0. The Morgan fingerprint density at radius 3 is 2.47 bits per heavy atom. The summed E-state index contributed by atoms with van der Waals surface area (Å²) in [5, 5.41) is 11.9. The molecule has 17 heavy (non-hydrogen) atoms. The van der Waals surface area contributed by atoms with E-state index in [1.165, 1.54) is 11.3 Å². The van der Waals surface area contributed by atoms with Gasteiger partial charge < -0.3 is 9.90 Å². The molecule has 0 aliphatic rings. The molecule has 0 fully saturated rings. The number of carbonyl (C=O) groups is 1. The second-order valence-electron chi connectivity index (χ2n) is 3.48. The van der Waals surface area contributed by atoms with Crippen molar-refractivity contribution in [1.82, 2.24) is 4.98 Å². The number of carboxylic acid groups (broad SMARTS) is 1. The summed E-state index contributed by atoms with van der Waals surface area (Å²) in [6.45, 7) is 3.79. The molecule has 0 aliphatic heterocycles. The topological polar surface area (TPSA) is 53.0 Å². The summed E-state index contributed by atoms with van der Waals surface area (Å²) in [5.41, 5.74) is 1.76. The molecule has 0 amide bonds. The molecule has 0 bridgehead atoms. The Balaban J connectivity index is 0.00000144. The van der Waals surface area contributed by atoms with Crippen molar-refractivity contribution < 1.29 is 39.5 Å². The molecule has 2 aromatic rings. The molecule has 0 saturated heterocycles. The summed E-state index contributed by atoms with van der Waals surface area (Å²) in [6.07, 6.45) is 0. The van der Waals surface area contributed by atoms with Gasteiger partial charge in [-0.25, -0.2) is 4.98 Å². The SMILES string of the molecule is Cc1nc(C)c(-c2ccccc2C(=O)[O-])s1.[Na+]. The van der Waals surface area contributed by atoms with Crippen molar-refractivity contribution in [1.29, 1.82) is 0 Å². The minimum absolute atomic E-state index is 0. The van der Waals surface area contributed by atoms with Gasteiger partial charge in [-0.2, -0.15) is 0 Å². The fourth-order valence-electron chi connectivity index (χ4n) is 1.64. The van der Waals surface area contributed by atoms with E-state index in [9.17, 15) is 9.90 Å². The summed E-state index contributed by atoms with van der Waals surface area (Å²) in [6, 6.07) is 6.85. The number of rotatable bonds is 2. The molecule has 2 rings (SSSR count). The molecule has 1 heterocycles. The van der Waals surface area contributed by atoms with Crippen LogP contribution in [0.1, 0.15) is 21.1 Å². The van der Waals surface area contributed by atoms with Crippen molar-refractivity contribution >= 4 is 17.3 Å². The Kier molecular flexibility index (Phi) is 4.89. The number of benzene rings is 1. The van der Waals surface area contributed by atoms with Gasteiger partial charge in [0.2, 0.25) is 0 Å². The monoisotopic (exact) mass is 255 g/mol. The van der Waals surface area contributed by atoms with Gasteiger partial charge in [0.15, 0.2) is 0 Å². The molecule has 0 atom stereocenters. The van der Waals surface area contributed by atoms with Gasteiger partial charge in [-0.1, -0.05) is 24.3 Å². The Hall–Kier alpha value is -0.680. The maximum absolute atomic E-state index is 11.0. The van der Waals surface area contributed by atoms with Crippen LogP contribution in [0.25, 0.3) is 10.4 Å². The van der Waals surface area contributed by atoms with Crippen LogP contribution in [0.3, 0.4) is 0 Å². The van der Waals surface area contributed by atoms with Crippen LogP contribution in [-0.2, 0) is 0 Å².